The number of hydrogen-bond acceptors (Lipinski definition) is 6. The van der Waals surface area contributed by atoms with Gasteiger partial charge in [0, 0.05) is 13.2 Å². The Labute approximate surface area is 118 Å². The van der Waals surface area contributed by atoms with Gasteiger partial charge >= 0.3 is 5.97 Å². The summed E-state index contributed by atoms with van der Waals surface area (Å²) in [5.74, 6) is 0.484. The Morgan fingerprint density at radius 1 is 1.30 bits per heavy atom. The molecule has 0 saturated heterocycles. The molecule has 1 rings (SSSR count). The van der Waals surface area contributed by atoms with Crippen molar-refractivity contribution in [3.63, 3.8) is 0 Å². The fourth-order valence-corrected chi connectivity index (χ4v) is 1.63. The standard InChI is InChI=1S/C14H19NO5/c1-10-7-11(19-6-5-15-2)8-12(20-9-17-3)13(10)14(16)18-4/h7-8H,2,5-6,9H2,1,3-4H3. The minimum absolute atomic E-state index is 0.0289. The van der Waals surface area contributed by atoms with Gasteiger partial charge in [0.2, 0.25) is 0 Å². The van der Waals surface area contributed by atoms with Gasteiger partial charge in [-0.25, -0.2) is 4.79 Å². The zero-order valence-electron chi connectivity index (χ0n) is 12.0. The maximum absolute atomic E-state index is 11.8. The first-order chi connectivity index (χ1) is 9.63. The molecule has 6 nitrogen and oxygen atoms in total. The molecule has 0 N–H and O–H groups in total. The van der Waals surface area contributed by atoms with Crippen LogP contribution in [0.3, 0.4) is 0 Å². The molecule has 1 aromatic carbocycles. The lowest BCUT2D eigenvalue weighted by molar-refractivity contribution is 0.0462. The number of nitrogens with zero attached hydrogens (tertiary/aromatic N) is 1. The summed E-state index contributed by atoms with van der Waals surface area (Å²) in [5, 5.41) is 0. The fourth-order valence-electron chi connectivity index (χ4n) is 1.63. The first-order valence-corrected chi connectivity index (χ1v) is 6.04. The molecule has 0 heterocycles. The summed E-state index contributed by atoms with van der Waals surface area (Å²) in [5.41, 5.74) is 1.06. The maximum atomic E-state index is 11.8. The average molecular weight is 281 g/mol. The van der Waals surface area contributed by atoms with Crippen LogP contribution in [-0.2, 0) is 9.47 Å². The Kier molecular flexibility index (Phi) is 6.52. The van der Waals surface area contributed by atoms with Gasteiger partial charge in [0.25, 0.3) is 0 Å². The second-order valence-electron chi connectivity index (χ2n) is 3.95. The molecule has 6 heteroatoms. The van der Waals surface area contributed by atoms with Crippen molar-refractivity contribution in [2.24, 2.45) is 4.99 Å². The number of rotatable bonds is 8. The number of aliphatic imine (C=N–C) groups is 1. The largest absolute Gasteiger partial charge is 0.492 e. The molecular weight excluding hydrogens is 262 g/mol. The van der Waals surface area contributed by atoms with Gasteiger partial charge in [0.15, 0.2) is 6.79 Å². The smallest absolute Gasteiger partial charge is 0.341 e. The van der Waals surface area contributed by atoms with Gasteiger partial charge in [-0.15, -0.1) is 0 Å². The Morgan fingerprint density at radius 3 is 2.65 bits per heavy atom. The zero-order valence-corrected chi connectivity index (χ0v) is 12.0. The molecule has 0 bridgehead atoms. The van der Waals surface area contributed by atoms with E-state index in [9.17, 15) is 4.79 Å². The number of methoxy groups -OCH3 is 2. The van der Waals surface area contributed by atoms with E-state index < -0.39 is 5.97 Å². The molecule has 0 spiro atoms. The van der Waals surface area contributed by atoms with Crippen LogP contribution in [-0.4, -0.2) is 46.9 Å². The van der Waals surface area contributed by atoms with E-state index in [0.717, 1.165) is 0 Å². The summed E-state index contributed by atoms with van der Waals surface area (Å²) >= 11 is 0. The third-order valence-corrected chi connectivity index (χ3v) is 2.51. The highest BCUT2D eigenvalue weighted by Gasteiger charge is 2.18. The number of carbonyl (C=O) groups is 1. The van der Waals surface area contributed by atoms with Gasteiger partial charge in [-0.05, 0) is 25.3 Å². The van der Waals surface area contributed by atoms with Crippen LogP contribution >= 0.6 is 0 Å². The quantitative estimate of drug-likeness (QED) is 0.315. The molecule has 0 aliphatic carbocycles. The number of hydrogen-bond donors (Lipinski definition) is 0. The van der Waals surface area contributed by atoms with Crippen molar-refractivity contribution in [2.75, 3.05) is 34.2 Å². The SMILES string of the molecule is C=NCCOc1cc(C)c(C(=O)OC)c(OCOC)c1. The van der Waals surface area contributed by atoms with Gasteiger partial charge in [0.1, 0.15) is 23.7 Å². The fraction of sp³-hybridized carbons (Fsp3) is 0.429. The first-order valence-electron chi connectivity index (χ1n) is 6.04. The monoisotopic (exact) mass is 281 g/mol. The van der Waals surface area contributed by atoms with Gasteiger partial charge in [0.05, 0.1) is 13.7 Å². The average Bonchev–Trinajstić information content (AvgIpc) is 2.44. The molecule has 1 aromatic rings. The normalized spacial score (nSPS) is 9.95. The molecule has 0 aromatic heterocycles. The first kappa shape index (κ1) is 16.0. The number of carbonyl (C=O) groups excluding carboxylic acids is 1. The van der Waals surface area contributed by atoms with Crippen molar-refractivity contribution in [1.82, 2.24) is 0 Å². The highest BCUT2D eigenvalue weighted by molar-refractivity contribution is 5.94. The van der Waals surface area contributed by atoms with Crippen molar-refractivity contribution in [3.05, 3.63) is 23.3 Å². The van der Waals surface area contributed by atoms with E-state index in [1.807, 2.05) is 0 Å². The predicted octanol–water partition coefficient (Wildman–Crippen LogP) is 1.84. The second kappa shape index (κ2) is 8.16. The topological polar surface area (TPSA) is 66.4 Å². The van der Waals surface area contributed by atoms with E-state index in [4.69, 9.17) is 18.9 Å². The molecule has 0 atom stereocenters. The summed E-state index contributed by atoms with van der Waals surface area (Å²) in [7, 11) is 2.82. The van der Waals surface area contributed by atoms with Crippen LogP contribution in [0, 0.1) is 6.92 Å². The summed E-state index contributed by atoms with van der Waals surface area (Å²) in [6.45, 7) is 6.09. The number of aryl methyl sites for hydroxylation is 1. The van der Waals surface area contributed by atoms with Crippen molar-refractivity contribution in [2.45, 2.75) is 6.92 Å². The van der Waals surface area contributed by atoms with Crippen LogP contribution in [0.25, 0.3) is 0 Å². The van der Waals surface area contributed by atoms with Gasteiger partial charge in [-0.1, -0.05) is 0 Å². The second-order valence-corrected chi connectivity index (χ2v) is 3.95. The molecule has 0 saturated carbocycles. The van der Waals surface area contributed by atoms with Crippen molar-refractivity contribution in [1.29, 1.82) is 0 Å². The van der Waals surface area contributed by atoms with Crippen LogP contribution in [0.4, 0.5) is 0 Å². The Balaban J connectivity index is 3.04. The Bertz CT molecular complexity index is 473. The zero-order chi connectivity index (χ0) is 15.0. The highest BCUT2D eigenvalue weighted by Crippen LogP contribution is 2.29. The van der Waals surface area contributed by atoms with Crippen molar-refractivity contribution in [3.8, 4) is 11.5 Å². The summed E-state index contributed by atoms with van der Waals surface area (Å²) in [4.78, 5) is 15.5. The minimum Gasteiger partial charge on any atom is -0.492 e. The lowest BCUT2D eigenvalue weighted by Gasteiger charge is -2.14. The van der Waals surface area contributed by atoms with Gasteiger partial charge in [-0.3, -0.25) is 4.99 Å². The molecular formula is C14H19NO5. The lowest BCUT2D eigenvalue weighted by Crippen LogP contribution is -2.10. The van der Waals surface area contributed by atoms with E-state index in [0.29, 0.717) is 35.8 Å². The molecule has 0 amide bonds. The number of esters is 1. The molecule has 0 aliphatic heterocycles. The molecule has 0 aliphatic rings. The molecule has 0 radical (unpaired) electrons. The Hall–Kier alpha value is -2.08. The van der Waals surface area contributed by atoms with Crippen LogP contribution in [0.1, 0.15) is 15.9 Å². The predicted molar refractivity (Wildman–Crippen MR) is 74.9 cm³/mol. The van der Waals surface area contributed by atoms with Crippen LogP contribution in [0.5, 0.6) is 11.5 Å². The van der Waals surface area contributed by atoms with Crippen LogP contribution in [0.15, 0.2) is 17.1 Å². The van der Waals surface area contributed by atoms with Crippen molar-refractivity contribution < 1.29 is 23.7 Å². The third-order valence-electron chi connectivity index (χ3n) is 2.51. The van der Waals surface area contributed by atoms with Gasteiger partial charge < -0.3 is 18.9 Å². The summed E-state index contributed by atoms with van der Waals surface area (Å²) < 4.78 is 20.5. The minimum atomic E-state index is -0.465. The third kappa shape index (κ3) is 4.24. The van der Waals surface area contributed by atoms with Crippen LogP contribution in [0.2, 0.25) is 0 Å². The number of ether oxygens (including phenoxy) is 4. The van der Waals surface area contributed by atoms with E-state index in [1.165, 1.54) is 14.2 Å². The van der Waals surface area contributed by atoms with E-state index in [1.54, 1.807) is 19.1 Å². The molecule has 0 fully saturated rings. The van der Waals surface area contributed by atoms with E-state index in [2.05, 4.69) is 11.7 Å². The molecule has 20 heavy (non-hydrogen) atoms. The van der Waals surface area contributed by atoms with Crippen molar-refractivity contribution >= 4 is 12.7 Å². The Morgan fingerprint density at radius 2 is 2.05 bits per heavy atom. The molecule has 0 unspecified atom stereocenters. The molecule has 110 valence electrons. The lowest BCUT2D eigenvalue weighted by atomic mass is 10.1. The van der Waals surface area contributed by atoms with E-state index in [-0.39, 0.29) is 6.79 Å². The van der Waals surface area contributed by atoms with Crippen LogP contribution < -0.4 is 9.47 Å². The maximum Gasteiger partial charge on any atom is 0.341 e. The number of benzene rings is 1. The highest BCUT2D eigenvalue weighted by atomic mass is 16.7. The van der Waals surface area contributed by atoms with Gasteiger partial charge in [-0.2, -0.15) is 0 Å². The van der Waals surface area contributed by atoms with E-state index >= 15 is 0 Å². The summed E-state index contributed by atoms with van der Waals surface area (Å²) in [6.07, 6.45) is 0. The summed E-state index contributed by atoms with van der Waals surface area (Å²) in [6, 6.07) is 3.37.